The van der Waals surface area contributed by atoms with Crippen molar-refractivity contribution in [2.75, 3.05) is 13.1 Å². The number of likely N-dealkylation sites (tertiary alicyclic amines) is 1. The largest absolute Gasteiger partial charge is 0.573 e. The minimum atomic E-state index is -4.67. The van der Waals surface area contributed by atoms with Crippen LogP contribution in [0.1, 0.15) is 31.2 Å². The molecule has 2 N–H and O–H groups in total. The van der Waals surface area contributed by atoms with Gasteiger partial charge in [-0.15, -0.1) is 13.2 Å². The van der Waals surface area contributed by atoms with E-state index in [0.29, 0.717) is 0 Å². The molecule has 128 valence electrons. The third-order valence-electron chi connectivity index (χ3n) is 4.01. The molecule has 0 aliphatic carbocycles. The zero-order chi connectivity index (χ0) is 16.9. The SMILES string of the molecule is NC(=O)[C@H]1CCCCN1CCCc1ccc(OC(F)(F)F)cc1. The van der Waals surface area contributed by atoms with Gasteiger partial charge in [-0.25, -0.2) is 0 Å². The van der Waals surface area contributed by atoms with Gasteiger partial charge in [0.15, 0.2) is 0 Å². The average molecular weight is 330 g/mol. The van der Waals surface area contributed by atoms with E-state index in [9.17, 15) is 18.0 Å². The van der Waals surface area contributed by atoms with Crippen molar-refractivity contribution in [1.82, 2.24) is 4.90 Å². The molecule has 4 nitrogen and oxygen atoms in total. The highest BCUT2D eigenvalue weighted by Gasteiger charge is 2.31. The number of nitrogens with two attached hydrogens (primary N) is 1. The Balaban J connectivity index is 1.80. The van der Waals surface area contributed by atoms with E-state index in [1.54, 1.807) is 12.1 Å². The summed E-state index contributed by atoms with van der Waals surface area (Å²) in [6.45, 7) is 1.63. The summed E-state index contributed by atoms with van der Waals surface area (Å²) in [5.41, 5.74) is 6.36. The minimum absolute atomic E-state index is 0.189. The number of benzene rings is 1. The number of ether oxygens (including phenoxy) is 1. The number of primary amides is 1. The zero-order valence-corrected chi connectivity index (χ0v) is 12.8. The van der Waals surface area contributed by atoms with Crippen LogP contribution in [0.4, 0.5) is 13.2 Å². The molecule has 1 fully saturated rings. The number of hydrogen-bond acceptors (Lipinski definition) is 3. The molecular weight excluding hydrogens is 309 g/mol. The molecule has 23 heavy (non-hydrogen) atoms. The first kappa shape index (κ1) is 17.6. The maximum Gasteiger partial charge on any atom is 0.573 e. The summed E-state index contributed by atoms with van der Waals surface area (Å²) in [5.74, 6) is -0.496. The molecular formula is C16H21F3N2O2. The Kier molecular flexibility index (Phi) is 5.87. The van der Waals surface area contributed by atoms with E-state index in [4.69, 9.17) is 5.73 Å². The second-order valence-electron chi connectivity index (χ2n) is 5.75. The van der Waals surface area contributed by atoms with Crippen molar-refractivity contribution in [2.24, 2.45) is 5.73 Å². The topological polar surface area (TPSA) is 55.6 Å². The Morgan fingerprint density at radius 1 is 1.26 bits per heavy atom. The third kappa shape index (κ3) is 5.74. The fraction of sp³-hybridized carbons (Fsp3) is 0.562. The van der Waals surface area contributed by atoms with Crippen LogP contribution in [0.3, 0.4) is 0 Å². The van der Waals surface area contributed by atoms with Gasteiger partial charge in [0.2, 0.25) is 5.91 Å². The number of piperidine rings is 1. The molecule has 0 radical (unpaired) electrons. The van der Waals surface area contributed by atoms with Crippen LogP contribution in [0.5, 0.6) is 5.75 Å². The molecule has 1 amide bonds. The van der Waals surface area contributed by atoms with Crippen LogP contribution in [0.2, 0.25) is 0 Å². The van der Waals surface area contributed by atoms with Crippen molar-refractivity contribution < 1.29 is 22.7 Å². The zero-order valence-electron chi connectivity index (χ0n) is 12.8. The van der Waals surface area contributed by atoms with E-state index in [-0.39, 0.29) is 17.7 Å². The van der Waals surface area contributed by atoms with Gasteiger partial charge in [0.1, 0.15) is 5.75 Å². The lowest BCUT2D eigenvalue weighted by molar-refractivity contribution is -0.274. The molecule has 1 atom stereocenters. The molecule has 1 aromatic carbocycles. The van der Waals surface area contributed by atoms with E-state index in [1.807, 2.05) is 0 Å². The van der Waals surface area contributed by atoms with Gasteiger partial charge in [-0.3, -0.25) is 9.69 Å². The number of alkyl halides is 3. The Labute approximate surface area is 133 Å². The van der Waals surface area contributed by atoms with Crippen molar-refractivity contribution in [3.63, 3.8) is 0 Å². The fourth-order valence-electron chi connectivity index (χ4n) is 2.92. The standard InChI is InChI=1S/C16H21F3N2O2/c17-16(18,19)23-13-8-6-12(7-9-13)4-3-11-21-10-2-1-5-14(21)15(20)22/h6-9,14H,1-5,10-11H2,(H2,20,22)/t14-/m1/s1. The molecule has 2 rings (SSSR count). The van der Waals surface area contributed by atoms with Crippen LogP contribution in [0.25, 0.3) is 0 Å². The fourth-order valence-corrected chi connectivity index (χ4v) is 2.92. The monoisotopic (exact) mass is 330 g/mol. The van der Waals surface area contributed by atoms with Gasteiger partial charge in [0.25, 0.3) is 0 Å². The van der Waals surface area contributed by atoms with Gasteiger partial charge < -0.3 is 10.5 Å². The average Bonchev–Trinajstić information content (AvgIpc) is 2.48. The number of carbonyl (C=O) groups excluding carboxylic acids is 1. The lowest BCUT2D eigenvalue weighted by Gasteiger charge is -2.33. The molecule has 0 saturated carbocycles. The smallest absolute Gasteiger partial charge is 0.406 e. The summed E-state index contributed by atoms with van der Waals surface area (Å²) < 4.78 is 40.1. The highest BCUT2D eigenvalue weighted by Crippen LogP contribution is 2.23. The molecule has 1 heterocycles. The van der Waals surface area contributed by atoms with Crippen LogP contribution in [-0.2, 0) is 11.2 Å². The second-order valence-corrected chi connectivity index (χ2v) is 5.75. The Bertz CT molecular complexity index is 517. The number of aryl methyl sites for hydroxylation is 1. The normalized spacial score (nSPS) is 19.5. The van der Waals surface area contributed by atoms with Crippen molar-refractivity contribution in [3.8, 4) is 5.75 Å². The lowest BCUT2D eigenvalue weighted by atomic mass is 10.0. The maximum atomic E-state index is 12.1. The molecule has 0 unspecified atom stereocenters. The number of halogens is 3. The Morgan fingerprint density at radius 3 is 2.57 bits per heavy atom. The number of hydrogen-bond donors (Lipinski definition) is 1. The lowest BCUT2D eigenvalue weighted by Crippen LogP contribution is -2.48. The molecule has 1 aliphatic heterocycles. The van der Waals surface area contributed by atoms with Crippen LogP contribution in [0, 0.1) is 0 Å². The predicted molar refractivity (Wildman–Crippen MR) is 79.9 cm³/mol. The van der Waals surface area contributed by atoms with E-state index in [0.717, 1.165) is 50.8 Å². The van der Waals surface area contributed by atoms with Gasteiger partial charge in [0, 0.05) is 0 Å². The summed E-state index contributed by atoms with van der Waals surface area (Å²) >= 11 is 0. The van der Waals surface area contributed by atoms with Crippen molar-refractivity contribution in [2.45, 2.75) is 44.5 Å². The quantitative estimate of drug-likeness (QED) is 0.872. The summed E-state index contributed by atoms with van der Waals surface area (Å²) in [7, 11) is 0. The molecule has 1 aliphatic rings. The summed E-state index contributed by atoms with van der Waals surface area (Å²) in [5, 5.41) is 0. The first-order chi connectivity index (χ1) is 10.8. The summed E-state index contributed by atoms with van der Waals surface area (Å²) in [4.78, 5) is 13.5. The molecule has 0 spiro atoms. The molecule has 0 bridgehead atoms. The van der Waals surface area contributed by atoms with E-state index in [2.05, 4.69) is 9.64 Å². The summed E-state index contributed by atoms with van der Waals surface area (Å²) in [6, 6.07) is 5.70. The van der Waals surface area contributed by atoms with Crippen LogP contribution in [-0.4, -0.2) is 36.3 Å². The molecule has 0 aromatic heterocycles. The highest BCUT2D eigenvalue weighted by molar-refractivity contribution is 5.79. The van der Waals surface area contributed by atoms with Gasteiger partial charge in [-0.05, 0) is 56.5 Å². The van der Waals surface area contributed by atoms with Crippen LogP contribution >= 0.6 is 0 Å². The van der Waals surface area contributed by atoms with E-state index >= 15 is 0 Å². The van der Waals surface area contributed by atoms with Gasteiger partial charge in [-0.1, -0.05) is 18.6 Å². The minimum Gasteiger partial charge on any atom is -0.406 e. The first-order valence-electron chi connectivity index (χ1n) is 7.73. The molecule has 1 saturated heterocycles. The van der Waals surface area contributed by atoms with Crippen LogP contribution < -0.4 is 10.5 Å². The van der Waals surface area contributed by atoms with Crippen molar-refractivity contribution in [1.29, 1.82) is 0 Å². The Hall–Kier alpha value is -1.76. The first-order valence-corrected chi connectivity index (χ1v) is 7.73. The van der Waals surface area contributed by atoms with Gasteiger partial charge in [0.05, 0.1) is 6.04 Å². The van der Waals surface area contributed by atoms with Gasteiger partial charge >= 0.3 is 6.36 Å². The number of rotatable bonds is 6. The number of amides is 1. The van der Waals surface area contributed by atoms with Crippen molar-refractivity contribution >= 4 is 5.91 Å². The molecule has 7 heteroatoms. The van der Waals surface area contributed by atoms with Gasteiger partial charge in [-0.2, -0.15) is 0 Å². The van der Waals surface area contributed by atoms with Crippen molar-refractivity contribution in [3.05, 3.63) is 29.8 Å². The van der Waals surface area contributed by atoms with Crippen LogP contribution in [0.15, 0.2) is 24.3 Å². The second kappa shape index (κ2) is 7.68. The molecule has 1 aromatic rings. The maximum absolute atomic E-state index is 12.1. The highest BCUT2D eigenvalue weighted by atomic mass is 19.4. The predicted octanol–water partition coefficient (Wildman–Crippen LogP) is 2.86. The number of carbonyl (C=O) groups is 1. The summed E-state index contributed by atoms with van der Waals surface area (Å²) in [6.07, 6.45) is -0.228. The van der Waals surface area contributed by atoms with E-state index in [1.165, 1.54) is 12.1 Å². The Morgan fingerprint density at radius 2 is 1.96 bits per heavy atom. The third-order valence-corrected chi connectivity index (χ3v) is 4.01. The van der Waals surface area contributed by atoms with E-state index < -0.39 is 6.36 Å². The number of nitrogens with zero attached hydrogens (tertiary/aromatic N) is 1.